The molecule has 0 aromatic heterocycles. The lowest BCUT2D eigenvalue weighted by atomic mass is 10.3. The number of rotatable bonds is 8. The Bertz CT molecular complexity index is 571. The maximum absolute atomic E-state index is 11.9. The lowest BCUT2D eigenvalue weighted by Crippen LogP contribution is -2.33. The van der Waals surface area contributed by atoms with Gasteiger partial charge < -0.3 is 15.2 Å². The molecule has 1 amide bonds. The first-order valence-corrected chi connectivity index (χ1v) is 7.56. The molecule has 1 rings (SSSR count). The first kappa shape index (κ1) is 16.3. The van der Waals surface area contributed by atoms with Crippen LogP contribution in [-0.2, 0) is 14.8 Å². The number of carbonyl (C=O) groups is 1. The van der Waals surface area contributed by atoms with Gasteiger partial charge in [0, 0.05) is 6.07 Å². The Kier molecular flexibility index (Phi) is 5.78. The van der Waals surface area contributed by atoms with Crippen molar-refractivity contribution in [3.8, 4) is 11.5 Å². The Morgan fingerprint density at radius 2 is 1.80 bits per heavy atom. The summed E-state index contributed by atoms with van der Waals surface area (Å²) in [6.45, 7) is 3.95. The van der Waals surface area contributed by atoms with Gasteiger partial charge in [0.1, 0.15) is 0 Å². The van der Waals surface area contributed by atoms with Crippen molar-refractivity contribution >= 4 is 15.9 Å². The number of benzene rings is 1. The van der Waals surface area contributed by atoms with E-state index in [1.54, 1.807) is 6.92 Å². The maximum atomic E-state index is 11.9. The van der Waals surface area contributed by atoms with Crippen LogP contribution in [0.5, 0.6) is 11.5 Å². The van der Waals surface area contributed by atoms with Gasteiger partial charge in [-0.2, -0.15) is 0 Å². The molecule has 7 nitrogen and oxygen atoms in total. The van der Waals surface area contributed by atoms with E-state index in [0.717, 1.165) is 0 Å². The first-order chi connectivity index (χ1) is 9.40. The van der Waals surface area contributed by atoms with E-state index in [9.17, 15) is 13.2 Å². The van der Waals surface area contributed by atoms with Crippen molar-refractivity contribution in [2.24, 2.45) is 5.73 Å². The lowest BCUT2D eigenvalue weighted by Gasteiger charge is -2.12. The third kappa shape index (κ3) is 4.39. The number of hydrogen-bond acceptors (Lipinski definition) is 5. The standard InChI is InChI=1S/C12H18N2O5S/c1-3-18-10-6-5-9(7-11(10)19-4-2)20(16,17)14-8-12(13)15/h5-7,14H,3-4,8H2,1-2H3,(H2,13,15). The summed E-state index contributed by atoms with van der Waals surface area (Å²) in [7, 11) is -3.81. The minimum absolute atomic E-state index is 0.0225. The molecule has 3 N–H and O–H groups in total. The van der Waals surface area contributed by atoms with Crippen molar-refractivity contribution in [2.45, 2.75) is 18.7 Å². The number of nitrogens with two attached hydrogens (primary N) is 1. The number of hydrogen-bond donors (Lipinski definition) is 2. The van der Waals surface area contributed by atoms with Crippen LogP contribution in [-0.4, -0.2) is 34.1 Å². The highest BCUT2D eigenvalue weighted by atomic mass is 32.2. The zero-order chi connectivity index (χ0) is 15.2. The van der Waals surface area contributed by atoms with E-state index in [4.69, 9.17) is 15.2 Å². The van der Waals surface area contributed by atoms with E-state index in [0.29, 0.717) is 24.7 Å². The van der Waals surface area contributed by atoms with Crippen LogP contribution in [0.25, 0.3) is 0 Å². The van der Waals surface area contributed by atoms with Crippen LogP contribution >= 0.6 is 0 Å². The predicted molar refractivity (Wildman–Crippen MR) is 73.2 cm³/mol. The summed E-state index contributed by atoms with van der Waals surface area (Å²) < 4.78 is 36.7. The van der Waals surface area contributed by atoms with Gasteiger partial charge in [-0.3, -0.25) is 4.79 Å². The lowest BCUT2D eigenvalue weighted by molar-refractivity contribution is -0.116. The minimum Gasteiger partial charge on any atom is -0.490 e. The molecule has 0 fully saturated rings. The maximum Gasteiger partial charge on any atom is 0.241 e. The second kappa shape index (κ2) is 7.11. The van der Waals surface area contributed by atoms with Crippen molar-refractivity contribution in [3.63, 3.8) is 0 Å². The van der Waals surface area contributed by atoms with Crippen molar-refractivity contribution in [1.29, 1.82) is 0 Å². The van der Waals surface area contributed by atoms with Crippen LogP contribution in [0.2, 0.25) is 0 Å². The minimum atomic E-state index is -3.81. The van der Waals surface area contributed by atoms with Gasteiger partial charge in [-0.25, -0.2) is 13.1 Å². The van der Waals surface area contributed by atoms with Crippen molar-refractivity contribution in [1.82, 2.24) is 4.72 Å². The molecule has 0 aliphatic rings. The second-order valence-corrected chi connectivity index (χ2v) is 5.53. The molecule has 1 aromatic carbocycles. The van der Waals surface area contributed by atoms with Crippen LogP contribution < -0.4 is 19.9 Å². The summed E-state index contributed by atoms with van der Waals surface area (Å²) in [5, 5.41) is 0. The fourth-order valence-corrected chi connectivity index (χ4v) is 2.46. The van der Waals surface area contributed by atoms with Gasteiger partial charge >= 0.3 is 0 Å². The summed E-state index contributed by atoms with van der Waals surface area (Å²) in [6, 6.07) is 4.22. The molecule has 0 atom stereocenters. The van der Waals surface area contributed by atoms with Crippen LogP contribution in [0.1, 0.15) is 13.8 Å². The zero-order valence-corrected chi connectivity index (χ0v) is 12.2. The molecule has 0 saturated carbocycles. The van der Waals surface area contributed by atoms with Crippen LogP contribution in [0.15, 0.2) is 23.1 Å². The van der Waals surface area contributed by atoms with Crippen LogP contribution in [0.3, 0.4) is 0 Å². The average Bonchev–Trinajstić information content (AvgIpc) is 2.39. The monoisotopic (exact) mass is 302 g/mol. The van der Waals surface area contributed by atoms with E-state index < -0.39 is 22.5 Å². The molecular formula is C12H18N2O5S. The first-order valence-electron chi connectivity index (χ1n) is 6.08. The molecule has 0 unspecified atom stereocenters. The highest BCUT2D eigenvalue weighted by molar-refractivity contribution is 7.89. The molecule has 0 aliphatic carbocycles. The number of primary amides is 1. The van der Waals surface area contributed by atoms with Gasteiger partial charge in [0.25, 0.3) is 0 Å². The molecule has 0 aliphatic heterocycles. The molecule has 0 saturated heterocycles. The summed E-state index contributed by atoms with van der Waals surface area (Å²) in [5.74, 6) is 0.0315. The van der Waals surface area contributed by atoms with Crippen LogP contribution in [0.4, 0.5) is 0 Å². The van der Waals surface area contributed by atoms with E-state index in [-0.39, 0.29) is 4.90 Å². The Morgan fingerprint density at radius 1 is 1.20 bits per heavy atom. The van der Waals surface area contributed by atoms with Crippen molar-refractivity contribution in [3.05, 3.63) is 18.2 Å². The molecule has 0 bridgehead atoms. The largest absolute Gasteiger partial charge is 0.490 e. The molecule has 8 heteroatoms. The average molecular weight is 302 g/mol. The molecule has 0 radical (unpaired) electrons. The molecule has 1 aromatic rings. The van der Waals surface area contributed by atoms with Gasteiger partial charge in [0.15, 0.2) is 11.5 Å². The molecule has 20 heavy (non-hydrogen) atoms. The highest BCUT2D eigenvalue weighted by Crippen LogP contribution is 2.30. The number of nitrogens with one attached hydrogen (secondary N) is 1. The predicted octanol–water partition coefficient (Wildman–Crippen LogP) is 0.248. The topological polar surface area (TPSA) is 108 Å². The van der Waals surface area contributed by atoms with E-state index in [2.05, 4.69) is 4.72 Å². The van der Waals surface area contributed by atoms with Gasteiger partial charge in [0.2, 0.25) is 15.9 Å². The molecule has 0 spiro atoms. The number of amides is 1. The van der Waals surface area contributed by atoms with Crippen molar-refractivity contribution < 1.29 is 22.7 Å². The Hall–Kier alpha value is -1.80. The normalized spacial score (nSPS) is 11.1. The fourth-order valence-electron chi connectivity index (χ4n) is 1.45. The van der Waals surface area contributed by atoms with Gasteiger partial charge in [-0.1, -0.05) is 0 Å². The summed E-state index contributed by atoms with van der Waals surface area (Å²) in [4.78, 5) is 10.6. The number of ether oxygens (including phenoxy) is 2. The van der Waals surface area contributed by atoms with Crippen LogP contribution in [0, 0.1) is 0 Å². The van der Waals surface area contributed by atoms with E-state index >= 15 is 0 Å². The zero-order valence-electron chi connectivity index (χ0n) is 11.4. The van der Waals surface area contributed by atoms with Gasteiger partial charge in [-0.15, -0.1) is 0 Å². The highest BCUT2D eigenvalue weighted by Gasteiger charge is 2.17. The summed E-state index contributed by atoms with van der Waals surface area (Å²) >= 11 is 0. The molecule has 0 heterocycles. The fraction of sp³-hybridized carbons (Fsp3) is 0.417. The SMILES string of the molecule is CCOc1ccc(S(=O)(=O)NCC(N)=O)cc1OCC. The van der Waals surface area contributed by atoms with Crippen molar-refractivity contribution in [2.75, 3.05) is 19.8 Å². The Balaban J connectivity index is 3.06. The van der Waals surface area contributed by atoms with Gasteiger partial charge in [0.05, 0.1) is 24.7 Å². The second-order valence-electron chi connectivity index (χ2n) is 3.77. The quantitative estimate of drug-likeness (QED) is 0.715. The Morgan fingerprint density at radius 3 is 2.35 bits per heavy atom. The summed E-state index contributed by atoms with van der Waals surface area (Å²) in [5.41, 5.74) is 4.91. The number of carbonyl (C=O) groups excluding carboxylic acids is 1. The van der Waals surface area contributed by atoms with Gasteiger partial charge in [-0.05, 0) is 26.0 Å². The Labute approximate surface area is 118 Å². The smallest absolute Gasteiger partial charge is 0.241 e. The molecule has 112 valence electrons. The third-order valence-corrected chi connectivity index (χ3v) is 3.66. The van der Waals surface area contributed by atoms with E-state index in [1.807, 2.05) is 6.92 Å². The number of sulfonamides is 1. The summed E-state index contributed by atoms with van der Waals surface area (Å²) in [6.07, 6.45) is 0. The molecular weight excluding hydrogens is 284 g/mol. The third-order valence-electron chi connectivity index (χ3n) is 2.26. The van der Waals surface area contributed by atoms with E-state index in [1.165, 1.54) is 18.2 Å².